The van der Waals surface area contributed by atoms with Crippen LogP contribution in [0.15, 0.2) is 24.3 Å². The maximum Gasteiger partial charge on any atom is 0.231 e. The van der Waals surface area contributed by atoms with Crippen molar-refractivity contribution in [2.24, 2.45) is 0 Å². The number of hydrogen-bond acceptors (Lipinski definition) is 8. The van der Waals surface area contributed by atoms with E-state index in [0.29, 0.717) is 28.8 Å². The van der Waals surface area contributed by atoms with Gasteiger partial charge < -0.3 is 19.5 Å². The van der Waals surface area contributed by atoms with Gasteiger partial charge in [-0.3, -0.25) is 4.72 Å². The van der Waals surface area contributed by atoms with Crippen LogP contribution in [0.25, 0.3) is 0 Å². The van der Waals surface area contributed by atoms with E-state index in [4.69, 9.17) is 14.2 Å². The SMILES string of the molecule is COc1cc(Nc2ccc(NS(C)(=O)=O)nn2)cc(OC)c1OC. The highest BCUT2D eigenvalue weighted by Crippen LogP contribution is 2.40. The van der Waals surface area contributed by atoms with Crippen LogP contribution in [0.5, 0.6) is 17.2 Å². The Morgan fingerprint density at radius 1 is 0.917 bits per heavy atom. The molecule has 0 unspecified atom stereocenters. The maximum atomic E-state index is 11.1. The Labute approximate surface area is 140 Å². The topological polar surface area (TPSA) is 112 Å². The van der Waals surface area contributed by atoms with Crippen LogP contribution in [-0.4, -0.2) is 46.2 Å². The van der Waals surface area contributed by atoms with Crippen molar-refractivity contribution in [3.63, 3.8) is 0 Å². The van der Waals surface area contributed by atoms with Gasteiger partial charge in [-0.25, -0.2) is 8.42 Å². The third-order valence-electron chi connectivity index (χ3n) is 2.89. The van der Waals surface area contributed by atoms with Crippen molar-refractivity contribution in [3.05, 3.63) is 24.3 Å². The summed E-state index contributed by atoms with van der Waals surface area (Å²) in [7, 11) is 1.17. The van der Waals surface area contributed by atoms with Gasteiger partial charge in [0.05, 0.1) is 27.6 Å². The number of nitrogens with zero attached hydrogens (tertiary/aromatic N) is 2. The summed E-state index contributed by atoms with van der Waals surface area (Å²) in [5.41, 5.74) is 0.641. The van der Waals surface area contributed by atoms with Gasteiger partial charge in [-0.15, -0.1) is 10.2 Å². The van der Waals surface area contributed by atoms with Crippen molar-refractivity contribution in [2.75, 3.05) is 37.6 Å². The molecule has 10 heteroatoms. The lowest BCUT2D eigenvalue weighted by Gasteiger charge is -2.14. The zero-order valence-corrected chi connectivity index (χ0v) is 14.5. The van der Waals surface area contributed by atoms with E-state index < -0.39 is 10.0 Å². The Bertz CT molecular complexity index is 783. The van der Waals surface area contributed by atoms with Gasteiger partial charge in [0.15, 0.2) is 23.1 Å². The molecule has 1 aromatic carbocycles. The number of benzene rings is 1. The number of aromatic nitrogens is 2. The molecule has 0 amide bonds. The molecule has 130 valence electrons. The standard InChI is InChI=1S/C14H18N4O5S/c1-21-10-7-9(8-11(22-2)14(10)23-3)15-12-5-6-13(17-16-12)18-24(4,19)20/h5-8H,1-4H3,(H,15,16)(H,17,18). The third-order valence-corrected chi connectivity index (χ3v) is 3.47. The van der Waals surface area contributed by atoms with Crippen molar-refractivity contribution in [1.29, 1.82) is 0 Å². The van der Waals surface area contributed by atoms with Gasteiger partial charge in [0.25, 0.3) is 0 Å². The molecule has 1 aromatic heterocycles. The van der Waals surface area contributed by atoms with Gasteiger partial charge in [0, 0.05) is 17.8 Å². The molecule has 2 rings (SSSR count). The van der Waals surface area contributed by atoms with Crippen molar-refractivity contribution < 1.29 is 22.6 Å². The van der Waals surface area contributed by atoms with Gasteiger partial charge in [-0.2, -0.15) is 0 Å². The van der Waals surface area contributed by atoms with Crippen LogP contribution >= 0.6 is 0 Å². The predicted molar refractivity (Wildman–Crippen MR) is 89.9 cm³/mol. The molecule has 0 saturated carbocycles. The minimum Gasteiger partial charge on any atom is -0.493 e. The van der Waals surface area contributed by atoms with Crippen molar-refractivity contribution in [2.45, 2.75) is 0 Å². The Morgan fingerprint density at radius 2 is 1.46 bits per heavy atom. The normalized spacial score (nSPS) is 10.8. The molecule has 24 heavy (non-hydrogen) atoms. The first-order valence-corrected chi connectivity index (χ1v) is 8.64. The zero-order chi connectivity index (χ0) is 17.7. The molecule has 2 aromatic rings. The average molecular weight is 354 g/mol. The third kappa shape index (κ3) is 4.38. The Morgan fingerprint density at radius 3 is 1.88 bits per heavy atom. The number of methoxy groups -OCH3 is 3. The fourth-order valence-corrected chi connectivity index (χ4v) is 2.43. The van der Waals surface area contributed by atoms with E-state index in [0.717, 1.165) is 6.26 Å². The van der Waals surface area contributed by atoms with Gasteiger partial charge in [0.1, 0.15) is 0 Å². The summed E-state index contributed by atoms with van der Waals surface area (Å²) >= 11 is 0. The largest absolute Gasteiger partial charge is 0.493 e. The van der Waals surface area contributed by atoms with E-state index in [1.54, 1.807) is 18.2 Å². The second-order valence-electron chi connectivity index (χ2n) is 4.72. The lowest BCUT2D eigenvalue weighted by atomic mass is 10.2. The molecular formula is C14H18N4O5S. The molecule has 9 nitrogen and oxygen atoms in total. The van der Waals surface area contributed by atoms with Crippen molar-refractivity contribution in [1.82, 2.24) is 10.2 Å². The molecule has 0 spiro atoms. The van der Waals surface area contributed by atoms with Crippen LogP contribution in [-0.2, 0) is 10.0 Å². The smallest absolute Gasteiger partial charge is 0.231 e. The van der Waals surface area contributed by atoms with E-state index in [-0.39, 0.29) is 5.82 Å². The molecule has 0 aliphatic heterocycles. The molecule has 2 N–H and O–H groups in total. The zero-order valence-electron chi connectivity index (χ0n) is 13.7. The fourth-order valence-electron chi connectivity index (χ4n) is 1.94. The Hall–Kier alpha value is -2.75. The van der Waals surface area contributed by atoms with Crippen molar-refractivity contribution in [3.8, 4) is 17.2 Å². The van der Waals surface area contributed by atoms with E-state index >= 15 is 0 Å². The molecule has 0 fully saturated rings. The maximum absolute atomic E-state index is 11.1. The summed E-state index contributed by atoms with van der Waals surface area (Å²) in [6.45, 7) is 0. The van der Waals surface area contributed by atoms with Gasteiger partial charge >= 0.3 is 0 Å². The summed E-state index contributed by atoms with van der Waals surface area (Å²) < 4.78 is 40.3. The minimum absolute atomic E-state index is 0.132. The van der Waals surface area contributed by atoms with Crippen molar-refractivity contribution >= 4 is 27.3 Å². The van der Waals surface area contributed by atoms with E-state index in [9.17, 15) is 8.42 Å². The summed E-state index contributed by atoms with van der Waals surface area (Å²) in [5.74, 6) is 2.01. The fraction of sp³-hybridized carbons (Fsp3) is 0.286. The molecule has 1 heterocycles. The van der Waals surface area contributed by atoms with Crippen LogP contribution in [0, 0.1) is 0 Å². The van der Waals surface area contributed by atoms with Crippen LogP contribution < -0.4 is 24.2 Å². The molecule has 0 aliphatic rings. The molecule has 0 radical (unpaired) electrons. The number of sulfonamides is 1. The predicted octanol–water partition coefficient (Wildman–Crippen LogP) is 1.62. The van der Waals surface area contributed by atoms with Crippen LogP contribution in [0.4, 0.5) is 17.3 Å². The van der Waals surface area contributed by atoms with E-state index in [1.807, 2.05) is 0 Å². The molecule has 0 saturated heterocycles. The van der Waals surface area contributed by atoms with Crippen LogP contribution in [0.3, 0.4) is 0 Å². The first-order chi connectivity index (χ1) is 11.4. The minimum atomic E-state index is -3.39. The summed E-state index contributed by atoms with van der Waals surface area (Å²) in [4.78, 5) is 0. The molecule has 0 atom stereocenters. The number of ether oxygens (including phenoxy) is 3. The molecule has 0 bridgehead atoms. The Balaban J connectivity index is 2.24. The summed E-state index contributed by atoms with van der Waals surface area (Å²) in [6, 6.07) is 6.51. The second-order valence-corrected chi connectivity index (χ2v) is 6.47. The van der Waals surface area contributed by atoms with E-state index in [1.165, 1.54) is 27.4 Å². The van der Waals surface area contributed by atoms with Gasteiger partial charge in [0.2, 0.25) is 15.8 Å². The first kappa shape index (κ1) is 17.6. The molecular weight excluding hydrogens is 336 g/mol. The highest BCUT2D eigenvalue weighted by atomic mass is 32.2. The van der Waals surface area contributed by atoms with Crippen LogP contribution in [0.1, 0.15) is 0 Å². The second kappa shape index (κ2) is 7.21. The number of hydrogen-bond donors (Lipinski definition) is 2. The summed E-state index contributed by atoms with van der Waals surface area (Å²) in [5, 5.41) is 10.7. The summed E-state index contributed by atoms with van der Waals surface area (Å²) in [6.07, 6.45) is 1.04. The highest BCUT2D eigenvalue weighted by molar-refractivity contribution is 7.92. The first-order valence-electron chi connectivity index (χ1n) is 6.75. The van der Waals surface area contributed by atoms with E-state index in [2.05, 4.69) is 20.2 Å². The molecule has 0 aliphatic carbocycles. The lowest BCUT2D eigenvalue weighted by molar-refractivity contribution is 0.324. The highest BCUT2D eigenvalue weighted by Gasteiger charge is 2.13. The monoisotopic (exact) mass is 354 g/mol. The van der Waals surface area contributed by atoms with Gasteiger partial charge in [-0.05, 0) is 12.1 Å². The average Bonchev–Trinajstić information content (AvgIpc) is 2.54. The number of rotatable bonds is 7. The number of anilines is 3. The number of nitrogens with one attached hydrogen (secondary N) is 2. The quantitative estimate of drug-likeness (QED) is 0.771. The lowest BCUT2D eigenvalue weighted by Crippen LogP contribution is -2.11. The Kier molecular flexibility index (Phi) is 5.29. The van der Waals surface area contributed by atoms with Gasteiger partial charge in [-0.1, -0.05) is 0 Å². The van der Waals surface area contributed by atoms with Crippen LogP contribution in [0.2, 0.25) is 0 Å².